The molecule has 0 bridgehead atoms. The first-order valence-corrected chi connectivity index (χ1v) is 7.86. The van der Waals surface area contributed by atoms with E-state index in [1.165, 1.54) is 14.2 Å². The summed E-state index contributed by atoms with van der Waals surface area (Å²) in [6.45, 7) is 0. The highest BCUT2D eigenvalue weighted by atomic mass is 127. The number of benzene rings is 2. The molecule has 1 N–H and O–H groups in total. The molecule has 0 saturated carbocycles. The van der Waals surface area contributed by atoms with Crippen molar-refractivity contribution in [1.82, 2.24) is 0 Å². The van der Waals surface area contributed by atoms with Gasteiger partial charge in [-0.05, 0) is 52.4 Å². The number of aliphatic hydroxyl groups is 1. The molecule has 2 aromatic carbocycles. The zero-order valence-corrected chi connectivity index (χ0v) is 15.0. The molecule has 1 atom stereocenters. The summed E-state index contributed by atoms with van der Waals surface area (Å²) in [6.07, 6.45) is -0.891. The lowest BCUT2D eigenvalue weighted by Gasteiger charge is -2.18. The molecule has 0 aliphatic carbocycles. The molecule has 0 aliphatic heterocycles. The summed E-state index contributed by atoms with van der Waals surface area (Å²) in [5.74, 6) is 0.878. The maximum atomic E-state index is 10.6. The van der Waals surface area contributed by atoms with Crippen molar-refractivity contribution in [3.8, 4) is 11.5 Å². The van der Waals surface area contributed by atoms with Crippen LogP contribution in [0.25, 0.3) is 0 Å². The molecular weight excluding hydrogens is 426 g/mol. The summed E-state index contributed by atoms with van der Waals surface area (Å²) < 4.78 is 11.4. The first-order chi connectivity index (χ1) is 9.99. The van der Waals surface area contributed by atoms with Gasteiger partial charge in [0.2, 0.25) is 0 Å². The maximum absolute atomic E-state index is 10.6. The molecule has 0 spiro atoms. The van der Waals surface area contributed by atoms with Crippen LogP contribution in [0.2, 0.25) is 10.0 Å². The topological polar surface area (TPSA) is 38.7 Å². The monoisotopic (exact) mass is 438 g/mol. The highest BCUT2D eigenvalue weighted by Crippen LogP contribution is 2.41. The lowest BCUT2D eigenvalue weighted by molar-refractivity contribution is 0.214. The molecule has 0 radical (unpaired) electrons. The number of aliphatic hydroxyl groups excluding tert-OH is 1. The third-order valence-corrected chi connectivity index (χ3v) is 5.00. The van der Waals surface area contributed by atoms with Gasteiger partial charge in [-0.1, -0.05) is 29.3 Å². The Morgan fingerprint density at radius 1 is 1.10 bits per heavy atom. The van der Waals surface area contributed by atoms with Gasteiger partial charge in [0.15, 0.2) is 0 Å². The van der Waals surface area contributed by atoms with Crippen LogP contribution in [0.5, 0.6) is 11.5 Å². The largest absolute Gasteiger partial charge is 0.495 e. The van der Waals surface area contributed by atoms with Crippen molar-refractivity contribution in [3.63, 3.8) is 0 Å². The van der Waals surface area contributed by atoms with Gasteiger partial charge in [-0.3, -0.25) is 0 Å². The van der Waals surface area contributed by atoms with E-state index in [0.29, 0.717) is 32.7 Å². The average Bonchev–Trinajstić information content (AvgIpc) is 2.49. The minimum absolute atomic E-state index is 0.327. The van der Waals surface area contributed by atoms with Gasteiger partial charge in [-0.25, -0.2) is 0 Å². The molecular formula is C15H13Cl2IO3. The fourth-order valence-corrected chi connectivity index (χ4v) is 2.85. The Balaban J connectivity index is 2.50. The molecule has 0 aliphatic rings. The summed E-state index contributed by atoms with van der Waals surface area (Å²) in [5.41, 5.74) is 1.22. The van der Waals surface area contributed by atoms with Crippen LogP contribution in [0.3, 0.4) is 0 Å². The van der Waals surface area contributed by atoms with Crippen LogP contribution in [0.15, 0.2) is 30.3 Å². The maximum Gasteiger partial charge on any atom is 0.147 e. The normalized spacial score (nSPS) is 12.1. The van der Waals surface area contributed by atoms with Gasteiger partial charge < -0.3 is 14.6 Å². The molecule has 2 aromatic rings. The Bertz CT molecular complexity index is 662. The standard InChI is InChI=1S/C15H13Cl2IO3/c1-20-12-6-4-9(15(21-2)13(12)17)14(19)8-3-5-11(18)10(16)7-8/h3-7,14,19H,1-2H3. The van der Waals surface area contributed by atoms with Gasteiger partial charge in [0.05, 0.1) is 19.2 Å². The first kappa shape index (κ1) is 16.7. The van der Waals surface area contributed by atoms with E-state index in [-0.39, 0.29) is 0 Å². The van der Waals surface area contributed by atoms with Crippen molar-refractivity contribution in [3.05, 3.63) is 55.1 Å². The Morgan fingerprint density at radius 2 is 1.81 bits per heavy atom. The van der Waals surface area contributed by atoms with Gasteiger partial charge in [0, 0.05) is 9.13 Å². The average molecular weight is 439 g/mol. The molecule has 6 heteroatoms. The van der Waals surface area contributed by atoms with E-state index in [1.54, 1.807) is 18.2 Å². The molecule has 0 heterocycles. The van der Waals surface area contributed by atoms with Crippen molar-refractivity contribution in [2.24, 2.45) is 0 Å². The highest BCUT2D eigenvalue weighted by Gasteiger charge is 2.20. The van der Waals surface area contributed by atoms with Crippen LogP contribution < -0.4 is 9.47 Å². The number of hydrogen-bond acceptors (Lipinski definition) is 3. The molecule has 2 rings (SSSR count). The van der Waals surface area contributed by atoms with E-state index in [9.17, 15) is 5.11 Å². The van der Waals surface area contributed by atoms with E-state index in [0.717, 1.165) is 3.57 Å². The zero-order chi connectivity index (χ0) is 15.6. The van der Waals surface area contributed by atoms with Crippen molar-refractivity contribution >= 4 is 45.8 Å². The molecule has 1 unspecified atom stereocenters. The second-order valence-electron chi connectivity index (χ2n) is 4.28. The lowest BCUT2D eigenvalue weighted by atomic mass is 10.0. The summed E-state index contributed by atoms with van der Waals surface area (Å²) >= 11 is 14.4. The van der Waals surface area contributed by atoms with Crippen molar-refractivity contribution in [2.75, 3.05) is 14.2 Å². The molecule has 21 heavy (non-hydrogen) atoms. The second-order valence-corrected chi connectivity index (χ2v) is 6.23. The molecule has 0 saturated heterocycles. The van der Waals surface area contributed by atoms with E-state index in [4.69, 9.17) is 32.7 Å². The van der Waals surface area contributed by atoms with E-state index >= 15 is 0 Å². The number of methoxy groups -OCH3 is 2. The highest BCUT2D eigenvalue weighted by molar-refractivity contribution is 14.1. The van der Waals surface area contributed by atoms with Gasteiger partial charge in [0.25, 0.3) is 0 Å². The van der Waals surface area contributed by atoms with Crippen LogP contribution in [0.1, 0.15) is 17.2 Å². The molecule has 112 valence electrons. The Hall–Kier alpha value is -0.690. The Labute approximate surface area is 146 Å². The first-order valence-electron chi connectivity index (χ1n) is 6.03. The molecule has 0 aromatic heterocycles. The Kier molecular flexibility index (Phi) is 5.60. The van der Waals surface area contributed by atoms with Crippen LogP contribution in [-0.4, -0.2) is 19.3 Å². The number of halogens is 3. The van der Waals surface area contributed by atoms with Gasteiger partial charge in [0.1, 0.15) is 22.6 Å². The van der Waals surface area contributed by atoms with Crippen molar-refractivity contribution < 1.29 is 14.6 Å². The predicted octanol–water partition coefficient (Wildman–Crippen LogP) is 4.70. The smallest absolute Gasteiger partial charge is 0.147 e. The second kappa shape index (κ2) is 7.05. The SMILES string of the molecule is COc1ccc(C(O)c2ccc(I)c(Cl)c2)c(OC)c1Cl. The summed E-state index contributed by atoms with van der Waals surface area (Å²) in [5, 5.41) is 11.5. The third-order valence-electron chi connectivity index (χ3n) is 3.07. The van der Waals surface area contributed by atoms with Crippen LogP contribution in [0, 0.1) is 3.57 Å². The van der Waals surface area contributed by atoms with Gasteiger partial charge in [-0.2, -0.15) is 0 Å². The zero-order valence-electron chi connectivity index (χ0n) is 11.4. The third kappa shape index (κ3) is 3.39. The van der Waals surface area contributed by atoms with Crippen molar-refractivity contribution in [1.29, 1.82) is 0 Å². The minimum Gasteiger partial charge on any atom is -0.495 e. The molecule has 0 fully saturated rings. The van der Waals surface area contributed by atoms with E-state index < -0.39 is 6.10 Å². The lowest BCUT2D eigenvalue weighted by Crippen LogP contribution is -2.04. The number of hydrogen-bond donors (Lipinski definition) is 1. The summed E-state index contributed by atoms with van der Waals surface area (Å²) in [4.78, 5) is 0. The van der Waals surface area contributed by atoms with Gasteiger partial charge in [-0.15, -0.1) is 0 Å². The molecule has 0 amide bonds. The molecule has 3 nitrogen and oxygen atoms in total. The summed E-state index contributed by atoms with van der Waals surface area (Å²) in [6, 6.07) is 8.80. The van der Waals surface area contributed by atoms with Crippen LogP contribution in [-0.2, 0) is 0 Å². The summed E-state index contributed by atoms with van der Waals surface area (Å²) in [7, 11) is 3.02. The fraction of sp³-hybridized carbons (Fsp3) is 0.200. The van der Waals surface area contributed by atoms with E-state index in [1.807, 2.05) is 12.1 Å². The van der Waals surface area contributed by atoms with Crippen LogP contribution in [0.4, 0.5) is 0 Å². The number of rotatable bonds is 4. The van der Waals surface area contributed by atoms with Gasteiger partial charge >= 0.3 is 0 Å². The van der Waals surface area contributed by atoms with Crippen molar-refractivity contribution in [2.45, 2.75) is 6.10 Å². The predicted molar refractivity (Wildman–Crippen MR) is 92.8 cm³/mol. The quantitative estimate of drug-likeness (QED) is 0.703. The Morgan fingerprint density at radius 3 is 2.38 bits per heavy atom. The van der Waals surface area contributed by atoms with Crippen LogP contribution >= 0.6 is 45.8 Å². The van der Waals surface area contributed by atoms with E-state index in [2.05, 4.69) is 22.6 Å². The number of ether oxygens (including phenoxy) is 2. The fourth-order valence-electron chi connectivity index (χ4n) is 2.00. The minimum atomic E-state index is -0.891.